The Morgan fingerprint density at radius 3 is 2.58 bits per heavy atom. The van der Waals surface area contributed by atoms with Crippen LogP contribution in [-0.4, -0.2) is 43.3 Å². The van der Waals surface area contributed by atoms with E-state index in [0.29, 0.717) is 5.92 Å². The number of nitrogens with zero attached hydrogens (tertiary/aromatic N) is 2. The molecule has 1 amide bonds. The smallest absolute Gasteiger partial charge is 0.251 e. The summed E-state index contributed by atoms with van der Waals surface area (Å²) in [5, 5.41) is 2.97. The van der Waals surface area contributed by atoms with Gasteiger partial charge in [-0.15, -0.1) is 0 Å². The first-order chi connectivity index (χ1) is 11.2. The molecule has 2 atom stereocenters. The summed E-state index contributed by atoms with van der Waals surface area (Å²) in [5.74, 6) is 0.148. The van der Waals surface area contributed by atoms with E-state index in [2.05, 4.69) is 12.2 Å². The van der Waals surface area contributed by atoms with Crippen molar-refractivity contribution in [3.63, 3.8) is 0 Å². The lowest BCUT2D eigenvalue weighted by Gasteiger charge is -2.29. The summed E-state index contributed by atoms with van der Waals surface area (Å²) in [6.07, 6.45) is 5.52. The molecule has 0 saturated heterocycles. The number of nitrogens with one attached hydrogen (secondary N) is 1. The minimum Gasteiger partial charge on any atom is -0.352 e. The molecule has 0 radical (unpaired) electrons. The van der Waals surface area contributed by atoms with E-state index in [-0.39, 0.29) is 23.4 Å². The van der Waals surface area contributed by atoms with Crippen LogP contribution < -0.4 is 10.9 Å². The average Bonchev–Trinajstić information content (AvgIpc) is 2.51. The van der Waals surface area contributed by atoms with Gasteiger partial charge in [0, 0.05) is 32.4 Å². The predicted molar refractivity (Wildman–Crippen MR) is 91.1 cm³/mol. The number of hydrogen-bond donors (Lipinski definition) is 1. The van der Waals surface area contributed by atoms with Gasteiger partial charge in [-0.2, -0.15) is 0 Å². The number of carbonyl (C=O) groups excluding carboxylic acids is 1. The Labute approximate surface area is 142 Å². The highest BCUT2D eigenvalue weighted by Crippen LogP contribution is 2.23. The summed E-state index contributed by atoms with van der Waals surface area (Å²) >= 11 is 0. The minimum absolute atomic E-state index is 0.00839. The standard InChI is InChI=1S/C16H25N3O4S/c1-12-6-4-5-7-14(12)17-15(20)11-19-10-13(8-9-16(19)21)24(22,23)18(2)3/h8-10,12,14H,4-7,11H2,1-3H3,(H,17,20)/t12-,14+/m0/s1. The highest BCUT2D eigenvalue weighted by Gasteiger charge is 2.23. The van der Waals surface area contributed by atoms with Crippen molar-refractivity contribution in [1.82, 2.24) is 14.2 Å². The van der Waals surface area contributed by atoms with E-state index in [1.807, 2.05) is 0 Å². The highest BCUT2D eigenvalue weighted by atomic mass is 32.2. The third-order valence-electron chi connectivity index (χ3n) is 4.51. The number of carbonyl (C=O) groups is 1. The van der Waals surface area contributed by atoms with Crippen molar-refractivity contribution in [2.75, 3.05) is 14.1 Å². The molecule has 0 aliphatic heterocycles. The molecule has 1 N–H and O–H groups in total. The van der Waals surface area contributed by atoms with Gasteiger partial charge >= 0.3 is 0 Å². The van der Waals surface area contributed by atoms with E-state index in [0.717, 1.165) is 28.1 Å². The van der Waals surface area contributed by atoms with Gasteiger partial charge in [-0.3, -0.25) is 9.59 Å². The maximum Gasteiger partial charge on any atom is 0.251 e. The average molecular weight is 355 g/mol. The molecule has 1 aromatic heterocycles. The summed E-state index contributed by atoms with van der Waals surface area (Å²) in [6.45, 7) is 1.93. The number of hydrogen-bond acceptors (Lipinski definition) is 4. The summed E-state index contributed by atoms with van der Waals surface area (Å²) in [5.41, 5.74) is -0.403. The molecule has 0 unspecified atom stereocenters. The normalized spacial score (nSPS) is 21.7. The maximum atomic E-state index is 12.2. The second-order valence-corrected chi connectivity index (χ2v) is 8.71. The Morgan fingerprint density at radius 1 is 1.29 bits per heavy atom. The van der Waals surface area contributed by atoms with Crippen LogP contribution in [-0.2, 0) is 21.4 Å². The lowest BCUT2D eigenvalue weighted by atomic mass is 9.86. The minimum atomic E-state index is -3.65. The van der Waals surface area contributed by atoms with Crippen LogP contribution in [0.25, 0.3) is 0 Å². The van der Waals surface area contributed by atoms with E-state index >= 15 is 0 Å². The van der Waals surface area contributed by atoms with Crippen LogP contribution in [0.4, 0.5) is 0 Å². The van der Waals surface area contributed by atoms with Crippen LogP contribution in [0.15, 0.2) is 28.0 Å². The molecule has 2 rings (SSSR count). The summed E-state index contributed by atoms with van der Waals surface area (Å²) < 4.78 is 26.5. The molecule has 134 valence electrons. The Balaban J connectivity index is 2.14. The summed E-state index contributed by atoms with van der Waals surface area (Å²) in [7, 11) is -0.809. The van der Waals surface area contributed by atoms with E-state index < -0.39 is 15.6 Å². The third kappa shape index (κ3) is 4.24. The summed E-state index contributed by atoms with van der Waals surface area (Å²) in [6, 6.07) is 2.55. The molecule has 1 saturated carbocycles. The fourth-order valence-corrected chi connectivity index (χ4v) is 3.86. The van der Waals surface area contributed by atoms with Crippen molar-refractivity contribution in [3.8, 4) is 0 Å². The summed E-state index contributed by atoms with van der Waals surface area (Å²) in [4.78, 5) is 24.2. The third-order valence-corrected chi connectivity index (χ3v) is 6.31. The van der Waals surface area contributed by atoms with Crippen LogP contribution in [0.1, 0.15) is 32.6 Å². The lowest BCUT2D eigenvalue weighted by Crippen LogP contribution is -2.43. The van der Waals surface area contributed by atoms with E-state index in [9.17, 15) is 18.0 Å². The zero-order valence-corrected chi connectivity index (χ0v) is 15.2. The van der Waals surface area contributed by atoms with E-state index in [1.165, 1.54) is 38.8 Å². The monoisotopic (exact) mass is 355 g/mol. The van der Waals surface area contributed by atoms with Crippen molar-refractivity contribution in [2.24, 2.45) is 5.92 Å². The zero-order valence-electron chi connectivity index (χ0n) is 14.4. The van der Waals surface area contributed by atoms with Crippen LogP contribution in [0.5, 0.6) is 0 Å². The van der Waals surface area contributed by atoms with Crippen LogP contribution in [0, 0.1) is 5.92 Å². The van der Waals surface area contributed by atoms with Gasteiger partial charge in [0.25, 0.3) is 5.56 Å². The Kier molecular flexibility index (Phi) is 5.82. The molecule has 1 aromatic rings. The quantitative estimate of drug-likeness (QED) is 0.846. The van der Waals surface area contributed by atoms with Crippen molar-refractivity contribution in [1.29, 1.82) is 0 Å². The van der Waals surface area contributed by atoms with Gasteiger partial charge < -0.3 is 9.88 Å². The zero-order chi connectivity index (χ0) is 17.9. The predicted octanol–water partition coefficient (Wildman–Crippen LogP) is 0.794. The van der Waals surface area contributed by atoms with Gasteiger partial charge in [0.15, 0.2) is 0 Å². The Bertz CT molecular complexity index is 755. The second kappa shape index (κ2) is 7.48. The first-order valence-corrected chi connectivity index (χ1v) is 9.58. The van der Waals surface area contributed by atoms with Gasteiger partial charge in [0.1, 0.15) is 6.54 Å². The fraction of sp³-hybridized carbons (Fsp3) is 0.625. The van der Waals surface area contributed by atoms with E-state index in [1.54, 1.807) is 0 Å². The highest BCUT2D eigenvalue weighted by molar-refractivity contribution is 7.89. The number of amides is 1. The molecular formula is C16H25N3O4S. The molecule has 0 bridgehead atoms. The molecular weight excluding hydrogens is 330 g/mol. The molecule has 7 nitrogen and oxygen atoms in total. The van der Waals surface area contributed by atoms with Gasteiger partial charge in [0.2, 0.25) is 15.9 Å². The van der Waals surface area contributed by atoms with Crippen LogP contribution in [0.2, 0.25) is 0 Å². The van der Waals surface area contributed by atoms with Gasteiger partial charge in [0.05, 0.1) is 4.90 Å². The van der Waals surface area contributed by atoms with Crippen molar-refractivity contribution in [3.05, 3.63) is 28.7 Å². The van der Waals surface area contributed by atoms with Crippen molar-refractivity contribution in [2.45, 2.75) is 50.1 Å². The van der Waals surface area contributed by atoms with Gasteiger partial charge in [-0.25, -0.2) is 12.7 Å². The maximum absolute atomic E-state index is 12.2. The molecule has 1 fully saturated rings. The van der Waals surface area contributed by atoms with Crippen LogP contribution in [0.3, 0.4) is 0 Å². The lowest BCUT2D eigenvalue weighted by molar-refractivity contribution is -0.123. The largest absolute Gasteiger partial charge is 0.352 e. The first kappa shape index (κ1) is 18.7. The molecule has 24 heavy (non-hydrogen) atoms. The van der Waals surface area contributed by atoms with E-state index in [4.69, 9.17) is 0 Å². The first-order valence-electron chi connectivity index (χ1n) is 8.14. The SMILES string of the molecule is C[C@H]1CCCC[C@H]1NC(=O)Cn1cc(S(=O)(=O)N(C)C)ccc1=O. The molecule has 1 aliphatic rings. The number of sulfonamides is 1. The Hall–Kier alpha value is -1.67. The topological polar surface area (TPSA) is 88.5 Å². The van der Waals surface area contributed by atoms with Crippen molar-refractivity contribution >= 4 is 15.9 Å². The second-order valence-electron chi connectivity index (χ2n) is 6.55. The molecule has 8 heteroatoms. The Morgan fingerprint density at radius 2 is 1.96 bits per heavy atom. The number of aromatic nitrogens is 1. The van der Waals surface area contributed by atoms with Gasteiger partial charge in [-0.05, 0) is 24.8 Å². The van der Waals surface area contributed by atoms with Crippen LogP contribution >= 0.6 is 0 Å². The fourth-order valence-electron chi connectivity index (χ4n) is 2.93. The molecule has 0 spiro atoms. The van der Waals surface area contributed by atoms with Crippen molar-refractivity contribution < 1.29 is 13.2 Å². The van der Waals surface area contributed by atoms with Gasteiger partial charge in [-0.1, -0.05) is 19.8 Å². The molecule has 0 aromatic carbocycles. The number of rotatable bonds is 5. The molecule has 1 heterocycles. The number of pyridine rings is 1. The molecule has 1 aliphatic carbocycles.